The second-order valence-electron chi connectivity index (χ2n) is 3.97. The van der Waals surface area contributed by atoms with E-state index in [1.54, 1.807) is 13.0 Å². The normalized spacial score (nSPS) is 18.4. The molecule has 1 aromatic rings. The molecular weight excluding hydrogens is 204 g/mol. The highest BCUT2D eigenvalue weighted by molar-refractivity contribution is 6.06. The average molecular weight is 218 g/mol. The van der Waals surface area contributed by atoms with Gasteiger partial charge in [-0.2, -0.15) is 0 Å². The summed E-state index contributed by atoms with van der Waals surface area (Å²) in [6.45, 7) is 4.04. The zero-order valence-electron chi connectivity index (χ0n) is 9.45. The van der Waals surface area contributed by atoms with Crippen LogP contribution in [0.4, 0.5) is 0 Å². The molecule has 1 unspecified atom stereocenters. The Bertz CT molecular complexity index is 448. The van der Waals surface area contributed by atoms with Gasteiger partial charge in [0.15, 0.2) is 5.78 Å². The molecule has 16 heavy (non-hydrogen) atoms. The molecule has 3 nitrogen and oxygen atoms in total. The standard InChI is InChI=1S/C13H14O3/c1-3-16-13(15)10-7-11(14)9-6-4-5-8(2)12(9)10/h4-6,10H,3,7H2,1-2H3. The van der Waals surface area contributed by atoms with E-state index in [0.717, 1.165) is 11.1 Å². The molecule has 2 rings (SSSR count). The van der Waals surface area contributed by atoms with Crippen LogP contribution < -0.4 is 0 Å². The van der Waals surface area contributed by atoms with Gasteiger partial charge in [-0.05, 0) is 25.0 Å². The van der Waals surface area contributed by atoms with Crippen molar-refractivity contribution in [1.29, 1.82) is 0 Å². The number of Topliss-reactive ketones (excluding diaryl/α,β-unsaturated/α-hetero) is 1. The highest BCUT2D eigenvalue weighted by Gasteiger charge is 2.36. The smallest absolute Gasteiger partial charge is 0.313 e. The van der Waals surface area contributed by atoms with Gasteiger partial charge in [0.1, 0.15) is 0 Å². The van der Waals surface area contributed by atoms with Crippen molar-refractivity contribution in [3.05, 3.63) is 34.9 Å². The van der Waals surface area contributed by atoms with Crippen LogP contribution in [-0.4, -0.2) is 18.4 Å². The van der Waals surface area contributed by atoms with Crippen LogP contribution in [0.1, 0.15) is 40.7 Å². The molecule has 0 N–H and O–H groups in total. The van der Waals surface area contributed by atoms with Crippen LogP contribution >= 0.6 is 0 Å². The number of aryl methyl sites for hydroxylation is 1. The summed E-state index contributed by atoms with van der Waals surface area (Å²) in [5.74, 6) is -0.649. The summed E-state index contributed by atoms with van der Waals surface area (Å²) in [5, 5.41) is 0. The fourth-order valence-electron chi connectivity index (χ4n) is 2.23. The lowest BCUT2D eigenvalue weighted by atomic mass is 9.97. The second kappa shape index (κ2) is 4.08. The molecule has 0 radical (unpaired) electrons. The SMILES string of the molecule is CCOC(=O)C1CC(=O)c2cccc(C)c21. The second-order valence-corrected chi connectivity index (χ2v) is 3.97. The maximum absolute atomic E-state index is 11.7. The first-order valence-electron chi connectivity index (χ1n) is 5.44. The Kier molecular flexibility index (Phi) is 2.77. The van der Waals surface area contributed by atoms with Gasteiger partial charge in [0.2, 0.25) is 0 Å². The zero-order valence-corrected chi connectivity index (χ0v) is 9.45. The van der Waals surface area contributed by atoms with Crippen molar-refractivity contribution in [2.24, 2.45) is 0 Å². The summed E-state index contributed by atoms with van der Waals surface area (Å²) in [4.78, 5) is 23.5. The molecule has 0 aromatic heterocycles. The average Bonchev–Trinajstić information content (AvgIpc) is 2.58. The Morgan fingerprint density at radius 3 is 2.94 bits per heavy atom. The first-order chi connectivity index (χ1) is 7.65. The van der Waals surface area contributed by atoms with E-state index in [9.17, 15) is 9.59 Å². The number of carbonyl (C=O) groups excluding carboxylic acids is 2. The number of benzene rings is 1. The van der Waals surface area contributed by atoms with E-state index in [-0.39, 0.29) is 18.2 Å². The Labute approximate surface area is 94.4 Å². The summed E-state index contributed by atoms with van der Waals surface area (Å²) in [6.07, 6.45) is 0.249. The van der Waals surface area contributed by atoms with Crippen molar-refractivity contribution in [2.75, 3.05) is 6.61 Å². The monoisotopic (exact) mass is 218 g/mol. The lowest BCUT2D eigenvalue weighted by Gasteiger charge is -2.11. The van der Waals surface area contributed by atoms with Crippen molar-refractivity contribution in [3.63, 3.8) is 0 Å². The van der Waals surface area contributed by atoms with Crippen LogP contribution in [0.25, 0.3) is 0 Å². The molecule has 0 spiro atoms. The topological polar surface area (TPSA) is 43.4 Å². The molecule has 0 bridgehead atoms. The van der Waals surface area contributed by atoms with E-state index in [0.29, 0.717) is 12.2 Å². The maximum Gasteiger partial charge on any atom is 0.313 e. The van der Waals surface area contributed by atoms with Gasteiger partial charge < -0.3 is 4.74 Å². The van der Waals surface area contributed by atoms with Crippen molar-refractivity contribution in [2.45, 2.75) is 26.2 Å². The number of hydrogen-bond donors (Lipinski definition) is 0. The van der Waals surface area contributed by atoms with Gasteiger partial charge in [0.25, 0.3) is 0 Å². The van der Waals surface area contributed by atoms with Gasteiger partial charge in [0, 0.05) is 12.0 Å². The first-order valence-corrected chi connectivity index (χ1v) is 5.44. The summed E-state index contributed by atoms with van der Waals surface area (Å²) >= 11 is 0. The number of esters is 1. The van der Waals surface area contributed by atoms with Gasteiger partial charge in [-0.25, -0.2) is 0 Å². The Hall–Kier alpha value is -1.64. The zero-order chi connectivity index (χ0) is 11.7. The van der Waals surface area contributed by atoms with Crippen LogP contribution in [-0.2, 0) is 9.53 Å². The summed E-state index contributed by atoms with van der Waals surface area (Å²) in [5.41, 5.74) is 2.52. The molecule has 0 fully saturated rings. The van der Waals surface area contributed by atoms with E-state index in [2.05, 4.69) is 0 Å². The number of rotatable bonds is 2. The number of carbonyl (C=O) groups is 2. The molecule has 1 aromatic carbocycles. The van der Waals surface area contributed by atoms with Gasteiger partial charge in [-0.3, -0.25) is 9.59 Å². The summed E-state index contributed by atoms with van der Waals surface area (Å²) in [6, 6.07) is 5.55. The predicted molar refractivity (Wildman–Crippen MR) is 59.5 cm³/mol. The van der Waals surface area contributed by atoms with Gasteiger partial charge in [-0.1, -0.05) is 18.2 Å². The van der Waals surface area contributed by atoms with Crippen molar-refractivity contribution >= 4 is 11.8 Å². The molecule has 0 heterocycles. The third kappa shape index (κ3) is 1.62. The van der Waals surface area contributed by atoms with Crippen molar-refractivity contribution < 1.29 is 14.3 Å². The number of fused-ring (bicyclic) bond motifs is 1. The van der Waals surface area contributed by atoms with Crippen LogP contribution in [0.15, 0.2) is 18.2 Å². The van der Waals surface area contributed by atoms with E-state index in [1.807, 2.05) is 19.1 Å². The summed E-state index contributed by atoms with van der Waals surface area (Å²) < 4.78 is 4.99. The molecule has 1 aliphatic rings. The van der Waals surface area contributed by atoms with Crippen LogP contribution in [0.3, 0.4) is 0 Å². The van der Waals surface area contributed by atoms with E-state index >= 15 is 0 Å². The molecule has 1 atom stereocenters. The quantitative estimate of drug-likeness (QED) is 0.715. The van der Waals surface area contributed by atoms with Crippen LogP contribution in [0.2, 0.25) is 0 Å². The molecule has 84 valence electrons. The molecule has 0 saturated carbocycles. The minimum Gasteiger partial charge on any atom is -0.466 e. The van der Waals surface area contributed by atoms with Crippen LogP contribution in [0, 0.1) is 6.92 Å². The Morgan fingerprint density at radius 2 is 2.25 bits per heavy atom. The third-order valence-electron chi connectivity index (χ3n) is 2.93. The molecule has 1 aliphatic carbocycles. The number of ketones is 1. The Balaban J connectivity index is 2.42. The molecular formula is C13H14O3. The number of hydrogen-bond acceptors (Lipinski definition) is 3. The lowest BCUT2D eigenvalue weighted by Crippen LogP contribution is -2.14. The van der Waals surface area contributed by atoms with E-state index in [1.165, 1.54) is 0 Å². The fourth-order valence-corrected chi connectivity index (χ4v) is 2.23. The van der Waals surface area contributed by atoms with E-state index < -0.39 is 5.92 Å². The highest BCUT2D eigenvalue weighted by atomic mass is 16.5. The van der Waals surface area contributed by atoms with Gasteiger partial charge in [-0.15, -0.1) is 0 Å². The molecule has 0 saturated heterocycles. The fraction of sp³-hybridized carbons (Fsp3) is 0.385. The van der Waals surface area contributed by atoms with Crippen LogP contribution in [0.5, 0.6) is 0 Å². The van der Waals surface area contributed by atoms with Gasteiger partial charge in [0.05, 0.1) is 12.5 Å². The maximum atomic E-state index is 11.7. The molecule has 3 heteroatoms. The predicted octanol–water partition coefficient (Wildman–Crippen LogP) is 2.23. The van der Waals surface area contributed by atoms with Crippen molar-refractivity contribution in [3.8, 4) is 0 Å². The Morgan fingerprint density at radius 1 is 1.50 bits per heavy atom. The molecule has 0 aliphatic heterocycles. The minimum atomic E-state index is -0.399. The first kappa shape index (κ1) is 10.9. The summed E-state index contributed by atoms with van der Waals surface area (Å²) in [7, 11) is 0. The minimum absolute atomic E-state index is 0.0387. The van der Waals surface area contributed by atoms with E-state index in [4.69, 9.17) is 4.74 Å². The van der Waals surface area contributed by atoms with Gasteiger partial charge >= 0.3 is 5.97 Å². The highest BCUT2D eigenvalue weighted by Crippen LogP contribution is 2.36. The molecule has 0 amide bonds. The lowest BCUT2D eigenvalue weighted by molar-refractivity contribution is -0.144. The largest absolute Gasteiger partial charge is 0.466 e. The third-order valence-corrected chi connectivity index (χ3v) is 2.93. The number of ether oxygens (including phenoxy) is 1. The van der Waals surface area contributed by atoms with Crippen molar-refractivity contribution in [1.82, 2.24) is 0 Å².